The Hall–Kier alpha value is -2.56. The number of aromatic nitrogens is 3. The van der Waals surface area contributed by atoms with Crippen LogP contribution in [0.5, 0.6) is 0 Å². The standard InChI is InChI=1S/C17H17N5OS/c1-11-10-24-16(20-11)17(2,3)19-9-14-21-22-15(23-14)13-6-4-12(8-18)5-7-13/h4-7,10,19H,9H2,1-3H3. The van der Waals surface area contributed by atoms with Crippen molar-refractivity contribution in [3.05, 3.63) is 51.8 Å². The van der Waals surface area contributed by atoms with Gasteiger partial charge in [0.25, 0.3) is 0 Å². The minimum Gasteiger partial charge on any atom is -0.419 e. The Morgan fingerprint density at radius 2 is 2.00 bits per heavy atom. The number of hydrogen-bond donors (Lipinski definition) is 1. The van der Waals surface area contributed by atoms with E-state index in [4.69, 9.17) is 9.68 Å². The maximum absolute atomic E-state index is 8.83. The molecule has 0 aliphatic carbocycles. The smallest absolute Gasteiger partial charge is 0.247 e. The molecular formula is C17H17N5OS. The molecule has 0 aliphatic heterocycles. The molecule has 0 unspecified atom stereocenters. The molecule has 0 bridgehead atoms. The first-order chi connectivity index (χ1) is 11.5. The highest BCUT2D eigenvalue weighted by atomic mass is 32.1. The van der Waals surface area contributed by atoms with Crippen LogP contribution in [0.2, 0.25) is 0 Å². The second-order valence-electron chi connectivity index (χ2n) is 5.96. The maximum atomic E-state index is 8.83. The van der Waals surface area contributed by atoms with E-state index in [2.05, 4.69) is 40.4 Å². The first kappa shape index (κ1) is 16.3. The first-order valence-corrected chi connectivity index (χ1v) is 8.36. The van der Waals surface area contributed by atoms with Gasteiger partial charge in [-0.2, -0.15) is 5.26 Å². The molecule has 6 nitrogen and oxygen atoms in total. The van der Waals surface area contributed by atoms with Crippen LogP contribution in [0.15, 0.2) is 34.1 Å². The maximum Gasteiger partial charge on any atom is 0.247 e. The van der Waals surface area contributed by atoms with Gasteiger partial charge in [-0.1, -0.05) is 0 Å². The fourth-order valence-corrected chi connectivity index (χ4v) is 3.04. The van der Waals surface area contributed by atoms with Gasteiger partial charge in [0.05, 0.1) is 23.7 Å². The van der Waals surface area contributed by atoms with Gasteiger partial charge >= 0.3 is 0 Å². The molecule has 0 fully saturated rings. The molecular weight excluding hydrogens is 322 g/mol. The lowest BCUT2D eigenvalue weighted by molar-refractivity contribution is 0.365. The first-order valence-electron chi connectivity index (χ1n) is 7.48. The molecule has 3 rings (SSSR count). The van der Waals surface area contributed by atoms with E-state index >= 15 is 0 Å². The van der Waals surface area contributed by atoms with Crippen LogP contribution < -0.4 is 5.32 Å². The Kier molecular flexibility index (Phi) is 4.42. The van der Waals surface area contributed by atoms with Crippen molar-refractivity contribution in [2.24, 2.45) is 0 Å². The molecule has 0 saturated carbocycles. The zero-order chi connectivity index (χ0) is 17.2. The Morgan fingerprint density at radius 1 is 1.25 bits per heavy atom. The van der Waals surface area contributed by atoms with Crippen molar-refractivity contribution in [2.45, 2.75) is 32.9 Å². The molecule has 2 aromatic heterocycles. The van der Waals surface area contributed by atoms with Crippen LogP contribution >= 0.6 is 11.3 Å². The fraction of sp³-hybridized carbons (Fsp3) is 0.294. The lowest BCUT2D eigenvalue weighted by Gasteiger charge is -2.22. The van der Waals surface area contributed by atoms with E-state index in [0.717, 1.165) is 16.3 Å². The van der Waals surface area contributed by atoms with Gasteiger partial charge in [0.2, 0.25) is 11.8 Å². The molecule has 122 valence electrons. The lowest BCUT2D eigenvalue weighted by atomic mass is 10.1. The van der Waals surface area contributed by atoms with Gasteiger partial charge in [0, 0.05) is 16.6 Å². The van der Waals surface area contributed by atoms with Gasteiger partial charge in [-0.05, 0) is 45.0 Å². The van der Waals surface area contributed by atoms with Crippen LogP contribution in [0.3, 0.4) is 0 Å². The molecule has 7 heteroatoms. The molecule has 0 amide bonds. The minimum absolute atomic E-state index is 0.276. The predicted octanol–water partition coefficient (Wildman–Crippen LogP) is 3.40. The second-order valence-corrected chi connectivity index (χ2v) is 6.82. The molecule has 3 aromatic rings. The van der Waals surface area contributed by atoms with E-state index in [1.54, 1.807) is 35.6 Å². The molecule has 0 saturated heterocycles. The van der Waals surface area contributed by atoms with Crippen LogP contribution in [-0.4, -0.2) is 15.2 Å². The van der Waals surface area contributed by atoms with E-state index < -0.39 is 0 Å². The van der Waals surface area contributed by atoms with Gasteiger partial charge in [0.1, 0.15) is 5.01 Å². The predicted molar refractivity (Wildman–Crippen MR) is 91.2 cm³/mol. The number of aryl methyl sites for hydroxylation is 1. The van der Waals surface area contributed by atoms with E-state index in [1.165, 1.54) is 0 Å². The summed E-state index contributed by atoms with van der Waals surface area (Å²) in [5, 5.41) is 23.4. The summed E-state index contributed by atoms with van der Waals surface area (Å²) < 4.78 is 5.70. The largest absolute Gasteiger partial charge is 0.419 e. The minimum atomic E-state index is -0.276. The van der Waals surface area contributed by atoms with Crippen LogP contribution in [-0.2, 0) is 12.1 Å². The molecule has 1 aromatic carbocycles. The number of nitrogens with zero attached hydrogens (tertiary/aromatic N) is 4. The highest BCUT2D eigenvalue weighted by Gasteiger charge is 2.24. The highest BCUT2D eigenvalue weighted by Crippen LogP contribution is 2.24. The summed E-state index contributed by atoms with van der Waals surface area (Å²) in [4.78, 5) is 4.53. The summed E-state index contributed by atoms with van der Waals surface area (Å²) in [5.41, 5.74) is 2.14. The van der Waals surface area contributed by atoms with Crippen LogP contribution in [0.4, 0.5) is 0 Å². The average Bonchev–Trinajstić information content (AvgIpc) is 3.22. The number of nitriles is 1. The zero-order valence-electron chi connectivity index (χ0n) is 13.7. The molecule has 1 N–H and O–H groups in total. The number of thiazole rings is 1. The molecule has 0 radical (unpaired) electrons. The van der Waals surface area contributed by atoms with Crippen molar-refractivity contribution in [3.8, 4) is 17.5 Å². The van der Waals surface area contributed by atoms with Crippen LogP contribution in [0, 0.1) is 18.3 Å². The third kappa shape index (κ3) is 3.50. The topological polar surface area (TPSA) is 87.6 Å². The molecule has 0 spiro atoms. The Bertz CT molecular complexity index is 873. The van der Waals surface area contributed by atoms with Crippen molar-refractivity contribution in [1.82, 2.24) is 20.5 Å². The molecule has 0 atom stereocenters. The quantitative estimate of drug-likeness (QED) is 0.766. The van der Waals surface area contributed by atoms with E-state index in [9.17, 15) is 0 Å². The normalized spacial score (nSPS) is 11.4. The second kappa shape index (κ2) is 6.51. The Morgan fingerprint density at radius 3 is 2.62 bits per heavy atom. The summed E-state index contributed by atoms with van der Waals surface area (Å²) in [6.45, 7) is 6.58. The number of rotatable bonds is 5. The number of hydrogen-bond acceptors (Lipinski definition) is 7. The SMILES string of the molecule is Cc1csc(C(C)(C)NCc2nnc(-c3ccc(C#N)cc3)o2)n1. The average molecular weight is 339 g/mol. The highest BCUT2D eigenvalue weighted by molar-refractivity contribution is 7.09. The van der Waals surface area contributed by atoms with E-state index in [-0.39, 0.29) is 5.54 Å². The van der Waals surface area contributed by atoms with Crippen molar-refractivity contribution < 1.29 is 4.42 Å². The summed E-state index contributed by atoms with van der Waals surface area (Å²) in [5.74, 6) is 0.954. The van der Waals surface area contributed by atoms with Gasteiger partial charge in [-0.25, -0.2) is 4.98 Å². The van der Waals surface area contributed by atoms with Crippen LogP contribution in [0.25, 0.3) is 11.5 Å². The van der Waals surface area contributed by atoms with Crippen molar-refractivity contribution in [3.63, 3.8) is 0 Å². The lowest BCUT2D eigenvalue weighted by Crippen LogP contribution is -2.36. The Labute approximate surface area is 144 Å². The third-order valence-electron chi connectivity index (χ3n) is 3.56. The third-order valence-corrected chi connectivity index (χ3v) is 4.85. The zero-order valence-corrected chi connectivity index (χ0v) is 14.5. The van der Waals surface area contributed by atoms with Crippen molar-refractivity contribution in [2.75, 3.05) is 0 Å². The monoisotopic (exact) mass is 339 g/mol. The fourth-order valence-electron chi connectivity index (χ4n) is 2.14. The molecule has 24 heavy (non-hydrogen) atoms. The van der Waals surface area contributed by atoms with E-state index in [0.29, 0.717) is 23.9 Å². The van der Waals surface area contributed by atoms with Crippen molar-refractivity contribution >= 4 is 11.3 Å². The van der Waals surface area contributed by atoms with E-state index in [1.807, 2.05) is 12.3 Å². The Balaban J connectivity index is 1.68. The summed E-state index contributed by atoms with van der Waals surface area (Å²) in [7, 11) is 0. The van der Waals surface area contributed by atoms with Crippen LogP contribution in [0.1, 0.15) is 36.0 Å². The number of nitrogens with one attached hydrogen (secondary N) is 1. The van der Waals surface area contributed by atoms with Gasteiger partial charge in [-0.15, -0.1) is 21.5 Å². The number of benzene rings is 1. The summed E-state index contributed by atoms with van der Waals surface area (Å²) in [6.07, 6.45) is 0. The summed E-state index contributed by atoms with van der Waals surface area (Å²) >= 11 is 1.63. The molecule has 2 heterocycles. The van der Waals surface area contributed by atoms with Gasteiger partial charge < -0.3 is 4.42 Å². The van der Waals surface area contributed by atoms with Crippen molar-refractivity contribution in [1.29, 1.82) is 5.26 Å². The molecule has 0 aliphatic rings. The van der Waals surface area contributed by atoms with Gasteiger partial charge in [0.15, 0.2) is 0 Å². The summed E-state index contributed by atoms with van der Waals surface area (Å²) in [6, 6.07) is 9.13. The van der Waals surface area contributed by atoms with Gasteiger partial charge in [-0.3, -0.25) is 5.32 Å².